The molecule has 1 aliphatic rings. The smallest absolute Gasteiger partial charge is 0.325 e. The van der Waals surface area contributed by atoms with Crippen LogP contribution in [0.3, 0.4) is 0 Å². The predicted molar refractivity (Wildman–Crippen MR) is 61.9 cm³/mol. The molecule has 1 aliphatic heterocycles. The Kier molecular flexibility index (Phi) is 5.21. The molecule has 0 aromatic carbocycles. The number of ether oxygens (including phenoxy) is 1. The molecular weight excluding hydrogens is 224 g/mol. The van der Waals surface area contributed by atoms with Crippen molar-refractivity contribution in [1.29, 1.82) is 0 Å². The molecule has 6 nitrogen and oxygen atoms in total. The van der Waals surface area contributed by atoms with Gasteiger partial charge in [-0.1, -0.05) is 0 Å². The Morgan fingerprint density at radius 1 is 1.53 bits per heavy atom. The maximum Gasteiger partial charge on any atom is 0.325 e. The number of carbonyl (C=O) groups is 2. The first-order chi connectivity index (χ1) is 8.00. The number of hydrogen-bond donors (Lipinski definition) is 2. The molecule has 2 N–H and O–H groups in total. The summed E-state index contributed by atoms with van der Waals surface area (Å²) in [7, 11) is 1.64. The van der Waals surface area contributed by atoms with Gasteiger partial charge in [-0.3, -0.25) is 4.79 Å². The van der Waals surface area contributed by atoms with Gasteiger partial charge in [-0.15, -0.1) is 0 Å². The molecule has 0 bridgehead atoms. The zero-order chi connectivity index (χ0) is 12.8. The summed E-state index contributed by atoms with van der Waals surface area (Å²) in [6.45, 7) is 2.68. The van der Waals surface area contributed by atoms with Crippen LogP contribution in [-0.2, 0) is 9.53 Å². The number of urea groups is 1. The molecule has 2 unspecified atom stereocenters. The second-order valence-electron chi connectivity index (χ2n) is 4.38. The van der Waals surface area contributed by atoms with E-state index in [1.165, 1.54) is 11.8 Å². The zero-order valence-electron chi connectivity index (χ0n) is 10.3. The molecule has 1 heterocycles. The molecule has 1 saturated heterocycles. The van der Waals surface area contributed by atoms with E-state index in [0.717, 1.165) is 25.9 Å². The lowest BCUT2D eigenvalue weighted by Gasteiger charge is -2.28. The van der Waals surface area contributed by atoms with Gasteiger partial charge in [0.05, 0.1) is 6.10 Å². The number of nitrogens with zero attached hydrogens (tertiary/aromatic N) is 1. The van der Waals surface area contributed by atoms with Gasteiger partial charge < -0.3 is 20.1 Å². The van der Waals surface area contributed by atoms with Crippen molar-refractivity contribution in [2.24, 2.45) is 0 Å². The summed E-state index contributed by atoms with van der Waals surface area (Å²) in [5, 5.41) is 11.1. The quantitative estimate of drug-likeness (QED) is 0.762. The van der Waals surface area contributed by atoms with Crippen molar-refractivity contribution in [1.82, 2.24) is 10.2 Å². The van der Waals surface area contributed by atoms with Crippen molar-refractivity contribution in [3.05, 3.63) is 0 Å². The Morgan fingerprint density at radius 3 is 2.76 bits per heavy atom. The van der Waals surface area contributed by atoms with E-state index >= 15 is 0 Å². The molecule has 1 fully saturated rings. The highest BCUT2D eigenvalue weighted by atomic mass is 16.5. The number of hydrogen-bond acceptors (Lipinski definition) is 3. The molecule has 0 radical (unpaired) electrons. The lowest BCUT2D eigenvalue weighted by molar-refractivity contribution is -0.138. The Hall–Kier alpha value is -1.30. The fourth-order valence-corrected chi connectivity index (χ4v) is 1.70. The Morgan fingerprint density at radius 2 is 2.24 bits per heavy atom. The van der Waals surface area contributed by atoms with Crippen molar-refractivity contribution < 1.29 is 19.4 Å². The van der Waals surface area contributed by atoms with Gasteiger partial charge in [-0.05, 0) is 26.2 Å². The minimum absolute atomic E-state index is 0.0691. The molecule has 1 rings (SSSR count). The van der Waals surface area contributed by atoms with Gasteiger partial charge in [0.25, 0.3) is 0 Å². The molecule has 0 saturated carbocycles. The molecule has 0 spiro atoms. The third-order valence-corrected chi connectivity index (χ3v) is 2.81. The van der Waals surface area contributed by atoms with Crippen LogP contribution in [0.2, 0.25) is 0 Å². The van der Waals surface area contributed by atoms with Gasteiger partial charge in [0.1, 0.15) is 6.04 Å². The zero-order valence-corrected chi connectivity index (χ0v) is 10.3. The lowest BCUT2D eigenvalue weighted by Crippen LogP contribution is -2.47. The summed E-state index contributed by atoms with van der Waals surface area (Å²) in [6.07, 6.45) is 3.21. The summed E-state index contributed by atoms with van der Waals surface area (Å²) >= 11 is 0. The van der Waals surface area contributed by atoms with Crippen LogP contribution in [0.1, 0.15) is 26.2 Å². The second kappa shape index (κ2) is 6.44. The van der Waals surface area contributed by atoms with E-state index in [4.69, 9.17) is 9.84 Å². The van der Waals surface area contributed by atoms with Crippen LogP contribution in [-0.4, -0.2) is 54.4 Å². The first-order valence-corrected chi connectivity index (χ1v) is 5.86. The fraction of sp³-hybridized carbons (Fsp3) is 0.818. The van der Waals surface area contributed by atoms with E-state index in [9.17, 15) is 9.59 Å². The van der Waals surface area contributed by atoms with Gasteiger partial charge in [0, 0.05) is 20.2 Å². The van der Waals surface area contributed by atoms with Crippen LogP contribution in [0.5, 0.6) is 0 Å². The number of carbonyl (C=O) groups excluding carboxylic acids is 1. The summed E-state index contributed by atoms with van der Waals surface area (Å²) in [6, 6.07) is -1.26. The topological polar surface area (TPSA) is 78.9 Å². The molecule has 17 heavy (non-hydrogen) atoms. The summed E-state index contributed by atoms with van der Waals surface area (Å²) in [5.41, 5.74) is 0. The van der Waals surface area contributed by atoms with E-state index < -0.39 is 12.0 Å². The molecule has 6 heteroatoms. The number of rotatable bonds is 4. The average molecular weight is 244 g/mol. The van der Waals surface area contributed by atoms with Crippen LogP contribution >= 0.6 is 0 Å². The Balaban J connectivity index is 2.33. The largest absolute Gasteiger partial charge is 0.480 e. The molecule has 0 aliphatic carbocycles. The number of amides is 2. The minimum Gasteiger partial charge on any atom is -0.480 e. The third kappa shape index (κ3) is 4.60. The first kappa shape index (κ1) is 13.8. The number of aliphatic carboxylic acids is 1. The highest BCUT2D eigenvalue weighted by molar-refractivity contribution is 5.82. The average Bonchev–Trinajstić information content (AvgIpc) is 2.29. The highest BCUT2D eigenvalue weighted by Gasteiger charge is 2.21. The standard InChI is InChI=1S/C11H20N2O4/c1-8(10(14)15)12-11(16)13(2)7-9-5-3-4-6-17-9/h8-9H,3-7H2,1-2H3,(H,12,16)(H,14,15). The molecule has 98 valence electrons. The fourth-order valence-electron chi connectivity index (χ4n) is 1.70. The lowest BCUT2D eigenvalue weighted by atomic mass is 10.1. The van der Waals surface area contributed by atoms with E-state index in [-0.39, 0.29) is 12.1 Å². The van der Waals surface area contributed by atoms with E-state index in [0.29, 0.717) is 6.54 Å². The van der Waals surface area contributed by atoms with Crippen molar-refractivity contribution in [3.8, 4) is 0 Å². The van der Waals surface area contributed by atoms with Crippen molar-refractivity contribution >= 4 is 12.0 Å². The molecule has 0 aromatic rings. The molecule has 2 atom stereocenters. The maximum absolute atomic E-state index is 11.6. The minimum atomic E-state index is -1.04. The summed E-state index contributed by atoms with van der Waals surface area (Å²) in [5.74, 6) is -1.04. The van der Waals surface area contributed by atoms with Gasteiger partial charge in [-0.25, -0.2) is 4.79 Å². The van der Waals surface area contributed by atoms with E-state index in [1.54, 1.807) is 7.05 Å². The van der Waals surface area contributed by atoms with Crippen molar-refractivity contribution in [3.63, 3.8) is 0 Å². The second-order valence-corrected chi connectivity index (χ2v) is 4.38. The van der Waals surface area contributed by atoms with Gasteiger partial charge in [0.15, 0.2) is 0 Å². The molecule has 2 amide bonds. The number of carboxylic acid groups (broad SMARTS) is 1. The van der Waals surface area contributed by atoms with E-state index in [1.807, 2.05) is 0 Å². The number of carboxylic acids is 1. The molecular formula is C11H20N2O4. The number of likely N-dealkylation sites (N-methyl/N-ethyl adjacent to an activating group) is 1. The predicted octanol–water partition coefficient (Wildman–Crippen LogP) is 0.670. The third-order valence-electron chi connectivity index (χ3n) is 2.81. The number of nitrogens with one attached hydrogen (secondary N) is 1. The monoisotopic (exact) mass is 244 g/mol. The summed E-state index contributed by atoms with van der Waals surface area (Å²) < 4.78 is 5.51. The van der Waals surface area contributed by atoms with Crippen LogP contribution in [0, 0.1) is 0 Å². The van der Waals surface area contributed by atoms with Gasteiger partial charge in [0.2, 0.25) is 0 Å². The Labute approximate surface area is 101 Å². The van der Waals surface area contributed by atoms with E-state index in [2.05, 4.69) is 5.32 Å². The highest BCUT2D eigenvalue weighted by Crippen LogP contribution is 2.13. The van der Waals surface area contributed by atoms with Crippen molar-refractivity contribution in [2.45, 2.75) is 38.3 Å². The maximum atomic E-state index is 11.6. The van der Waals surface area contributed by atoms with Gasteiger partial charge in [-0.2, -0.15) is 0 Å². The van der Waals surface area contributed by atoms with Crippen LogP contribution in [0.15, 0.2) is 0 Å². The van der Waals surface area contributed by atoms with Crippen molar-refractivity contribution in [2.75, 3.05) is 20.2 Å². The molecule has 0 aromatic heterocycles. The SMILES string of the molecule is CC(NC(=O)N(C)CC1CCCCO1)C(=O)O. The summed E-state index contributed by atoms with van der Waals surface area (Å²) in [4.78, 5) is 23.7. The van der Waals surface area contributed by atoms with Crippen LogP contribution in [0.4, 0.5) is 4.79 Å². The first-order valence-electron chi connectivity index (χ1n) is 5.86. The van der Waals surface area contributed by atoms with Gasteiger partial charge >= 0.3 is 12.0 Å². The Bertz CT molecular complexity index is 277. The van der Waals surface area contributed by atoms with Crippen LogP contribution in [0.25, 0.3) is 0 Å². The van der Waals surface area contributed by atoms with Crippen LogP contribution < -0.4 is 5.32 Å². The normalized spacial score (nSPS) is 21.6.